The van der Waals surface area contributed by atoms with Gasteiger partial charge >= 0.3 is 0 Å². The fourth-order valence-corrected chi connectivity index (χ4v) is 1.89. The van der Waals surface area contributed by atoms with E-state index in [4.69, 9.17) is 14.4 Å². The quantitative estimate of drug-likeness (QED) is 0.732. The van der Waals surface area contributed by atoms with Crippen LogP contribution in [0.25, 0.3) is 11.5 Å². The Kier molecular flexibility index (Phi) is 3.61. The zero-order valence-corrected chi connectivity index (χ0v) is 11.1. The molecule has 0 atom stereocenters. The average Bonchev–Trinajstić information content (AvgIpc) is 3.08. The molecule has 0 unspecified atom stereocenters. The Labute approximate surface area is 121 Å². The van der Waals surface area contributed by atoms with Gasteiger partial charge in [0.25, 0.3) is 0 Å². The molecule has 0 N–H and O–H groups in total. The molecule has 5 heteroatoms. The van der Waals surface area contributed by atoms with E-state index in [0.717, 1.165) is 16.9 Å². The van der Waals surface area contributed by atoms with Crippen molar-refractivity contribution in [3.8, 4) is 23.3 Å². The zero-order valence-electron chi connectivity index (χ0n) is 11.1. The molecule has 0 aliphatic heterocycles. The molecule has 0 aliphatic rings. The number of nitriles is 1. The van der Waals surface area contributed by atoms with Crippen molar-refractivity contribution in [3.05, 3.63) is 66.1 Å². The molecule has 0 bridgehead atoms. The van der Waals surface area contributed by atoms with Crippen LogP contribution in [0, 0.1) is 11.3 Å². The van der Waals surface area contributed by atoms with Crippen LogP contribution in [0.4, 0.5) is 0 Å². The smallest absolute Gasteiger partial charge is 0.247 e. The molecule has 0 fully saturated rings. The molecular weight excluding hydrogens is 266 g/mol. The van der Waals surface area contributed by atoms with E-state index in [1.54, 1.807) is 6.07 Å². The lowest BCUT2D eigenvalue weighted by Crippen LogP contribution is -1.95. The summed E-state index contributed by atoms with van der Waals surface area (Å²) in [5.74, 6) is 1.21. The predicted octanol–water partition coefficient (Wildman–Crippen LogP) is 3.19. The molecule has 3 aromatic rings. The second kappa shape index (κ2) is 5.88. The zero-order chi connectivity index (χ0) is 14.5. The van der Waals surface area contributed by atoms with Crippen LogP contribution in [-0.4, -0.2) is 10.2 Å². The van der Waals surface area contributed by atoms with Gasteiger partial charge in [0.15, 0.2) is 0 Å². The van der Waals surface area contributed by atoms with Crippen LogP contribution in [0.15, 0.2) is 59.3 Å². The normalized spacial score (nSPS) is 10.0. The topological polar surface area (TPSA) is 71.9 Å². The SMILES string of the molecule is N#Cc1cccc(COc2ccc(-c3nnco3)cc2)c1. The highest BCUT2D eigenvalue weighted by Gasteiger charge is 2.03. The molecule has 21 heavy (non-hydrogen) atoms. The summed E-state index contributed by atoms with van der Waals surface area (Å²) in [6.07, 6.45) is 1.29. The largest absolute Gasteiger partial charge is 0.489 e. The number of hydrogen-bond donors (Lipinski definition) is 0. The van der Waals surface area contributed by atoms with E-state index in [1.807, 2.05) is 42.5 Å². The summed E-state index contributed by atoms with van der Waals surface area (Å²) < 4.78 is 10.8. The van der Waals surface area contributed by atoms with Crippen molar-refractivity contribution in [3.63, 3.8) is 0 Å². The molecule has 102 valence electrons. The third-order valence-corrected chi connectivity index (χ3v) is 2.92. The van der Waals surface area contributed by atoms with Gasteiger partial charge in [0, 0.05) is 5.56 Å². The van der Waals surface area contributed by atoms with E-state index in [0.29, 0.717) is 18.1 Å². The molecule has 2 aromatic carbocycles. The fourth-order valence-electron chi connectivity index (χ4n) is 1.89. The van der Waals surface area contributed by atoms with Gasteiger partial charge in [0.05, 0.1) is 11.6 Å². The summed E-state index contributed by atoms with van der Waals surface area (Å²) in [7, 11) is 0. The Morgan fingerprint density at radius 2 is 2.00 bits per heavy atom. The monoisotopic (exact) mass is 277 g/mol. The predicted molar refractivity (Wildman–Crippen MR) is 75.2 cm³/mol. The fraction of sp³-hybridized carbons (Fsp3) is 0.0625. The van der Waals surface area contributed by atoms with Crippen LogP contribution in [0.1, 0.15) is 11.1 Å². The average molecular weight is 277 g/mol. The van der Waals surface area contributed by atoms with Crippen molar-refractivity contribution in [2.24, 2.45) is 0 Å². The molecular formula is C16H11N3O2. The lowest BCUT2D eigenvalue weighted by molar-refractivity contribution is 0.306. The van der Waals surface area contributed by atoms with Crippen LogP contribution in [-0.2, 0) is 6.61 Å². The minimum absolute atomic E-state index is 0.412. The summed E-state index contributed by atoms with van der Waals surface area (Å²) in [6, 6.07) is 16.8. The van der Waals surface area contributed by atoms with Crippen LogP contribution in [0.2, 0.25) is 0 Å². The van der Waals surface area contributed by atoms with E-state index < -0.39 is 0 Å². The van der Waals surface area contributed by atoms with Gasteiger partial charge in [-0.05, 0) is 42.0 Å². The van der Waals surface area contributed by atoms with E-state index in [2.05, 4.69) is 16.3 Å². The van der Waals surface area contributed by atoms with E-state index in [9.17, 15) is 0 Å². The van der Waals surface area contributed by atoms with Crippen molar-refractivity contribution in [1.29, 1.82) is 5.26 Å². The second-order valence-electron chi connectivity index (χ2n) is 4.37. The van der Waals surface area contributed by atoms with Crippen LogP contribution >= 0.6 is 0 Å². The lowest BCUT2D eigenvalue weighted by Gasteiger charge is -2.06. The number of rotatable bonds is 4. The highest BCUT2D eigenvalue weighted by molar-refractivity contribution is 5.53. The summed E-state index contributed by atoms with van der Waals surface area (Å²) in [5.41, 5.74) is 2.42. The minimum atomic E-state index is 0.412. The Balaban J connectivity index is 1.67. The maximum Gasteiger partial charge on any atom is 0.247 e. The van der Waals surface area contributed by atoms with Crippen molar-refractivity contribution >= 4 is 0 Å². The van der Waals surface area contributed by atoms with Crippen molar-refractivity contribution < 1.29 is 9.15 Å². The van der Waals surface area contributed by atoms with Gasteiger partial charge in [0.1, 0.15) is 12.4 Å². The molecule has 3 rings (SSSR count). The summed E-state index contributed by atoms with van der Waals surface area (Å²) in [4.78, 5) is 0. The molecule has 0 saturated carbocycles. The van der Waals surface area contributed by atoms with Crippen LogP contribution < -0.4 is 4.74 Å². The third kappa shape index (κ3) is 3.07. The Morgan fingerprint density at radius 1 is 1.14 bits per heavy atom. The van der Waals surface area contributed by atoms with Crippen LogP contribution in [0.3, 0.4) is 0 Å². The van der Waals surface area contributed by atoms with Gasteiger partial charge in [-0.1, -0.05) is 12.1 Å². The van der Waals surface area contributed by atoms with Crippen molar-refractivity contribution in [1.82, 2.24) is 10.2 Å². The van der Waals surface area contributed by atoms with Gasteiger partial charge < -0.3 is 9.15 Å². The Hall–Kier alpha value is -3.13. The number of hydrogen-bond acceptors (Lipinski definition) is 5. The lowest BCUT2D eigenvalue weighted by atomic mass is 10.1. The molecule has 0 radical (unpaired) electrons. The Morgan fingerprint density at radius 3 is 2.71 bits per heavy atom. The number of ether oxygens (including phenoxy) is 1. The van der Waals surface area contributed by atoms with Crippen molar-refractivity contribution in [2.75, 3.05) is 0 Å². The molecule has 1 heterocycles. The standard InChI is InChI=1S/C16H11N3O2/c17-9-12-2-1-3-13(8-12)10-20-15-6-4-14(5-7-15)16-19-18-11-21-16/h1-8,11H,10H2. The second-order valence-corrected chi connectivity index (χ2v) is 4.37. The first-order valence-electron chi connectivity index (χ1n) is 6.33. The van der Waals surface area contributed by atoms with Crippen molar-refractivity contribution in [2.45, 2.75) is 6.61 Å². The molecule has 0 spiro atoms. The maximum absolute atomic E-state index is 8.86. The highest BCUT2D eigenvalue weighted by Crippen LogP contribution is 2.21. The third-order valence-electron chi connectivity index (χ3n) is 2.92. The maximum atomic E-state index is 8.86. The number of benzene rings is 2. The van der Waals surface area contributed by atoms with E-state index >= 15 is 0 Å². The molecule has 0 saturated heterocycles. The first kappa shape index (κ1) is 12.9. The minimum Gasteiger partial charge on any atom is -0.489 e. The summed E-state index contributed by atoms with van der Waals surface area (Å²) in [6.45, 7) is 0.412. The molecule has 0 amide bonds. The van der Waals surface area contributed by atoms with Gasteiger partial charge in [-0.25, -0.2) is 0 Å². The number of aromatic nitrogens is 2. The summed E-state index contributed by atoms with van der Waals surface area (Å²) >= 11 is 0. The number of nitrogens with zero attached hydrogens (tertiary/aromatic N) is 3. The first-order valence-corrected chi connectivity index (χ1v) is 6.33. The van der Waals surface area contributed by atoms with E-state index in [-0.39, 0.29) is 0 Å². The Bertz CT molecular complexity index is 759. The van der Waals surface area contributed by atoms with E-state index in [1.165, 1.54) is 6.39 Å². The van der Waals surface area contributed by atoms with Gasteiger partial charge in [-0.3, -0.25) is 0 Å². The molecule has 5 nitrogen and oxygen atoms in total. The van der Waals surface area contributed by atoms with Crippen LogP contribution in [0.5, 0.6) is 5.75 Å². The van der Waals surface area contributed by atoms with Gasteiger partial charge in [-0.2, -0.15) is 5.26 Å². The molecule has 0 aliphatic carbocycles. The summed E-state index contributed by atoms with van der Waals surface area (Å²) in [5, 5.41) is 16.3. The van der Waals surface area contributed by atoms with Gasteiger partial charge in [0.2, 0.25) is 12.3 Å². The van der Waals surface area contributed by atoms with Gasteiger partial charge in [-0.15, -0.1) is 10.2 Å². The first-order chi connectivity index (χ1) is 10.3. The highest BCUT2D eigenvalue weighted by atomic mass is 16.5. The molecule has 1 aromatic heterocycles.